The maximum Gasteiger partial charge on any atom is 0.258 e. The largest absolute Gasteiger partial charge is 0.484 e. The number of benzene rings is 1. The predicted octanol–water partition coefficient (Wildman–Crippen LogP) is 2.66. The van der Waals surface area contributed by atoms with Gasteiger partial charge in [-0.25, -0.2) is 0 Å². The number of hydrogen-bond acceptors (Lipinski definition) is 4. The maximum absolute atomic E-state index is 11.9. The normalized spacial score (nSPS) is 15.4. The third kappa shape index (κ3) is 3.76. The number of amides is 2. The third-order valence-electron chi connectivity index (χ3n) is 3.94. The highest BCUT2D eigenvalue weighted by Gasteiger charge is 2.21. The van der Waals surface area contributed by atoms with E-state index >= 15 is 0 Å². The van der Waals surface area contributed by atoms with Crippen LogP contribution in [0.1, 0.15) is 31.6 Å². The predicted molar refractivity (Wildman–Crippen MR) is 88.8 cm³/mol. The zero-order valence-electron chi connectivity index (χ0n) is 13.5. The number of hydrogen-bond donors (Lipinski definition) is 1. The van der Waals surface area contributed by atoms with Crippen molar-refractivity contribution in [2.45, 2.75) is 25.8 Å². The Morgan fingerprint density at radius 2 is 2.12 bits per heavy atom. The van der Waals surface area contributed by atoms with Gasteiger partial charge in [-0.3, -0.25) is 9.59 Å². The summed E-state index contributed by atoms with van der Waals surface area (Å²) in [5, 5.41) is 2.80. The molecular weight excluding hydrogens is 308 g/mol. The van der Waals surface area contributed by atoms with Crippen LogP contribution in [0.4, 0.5) is 5.69 Å². The fraction of sp³-hybridized carbons (Fsp3) is 0.333. The van der Waals surface area contributed by atoms with Gasteiger partial charge in [0.05, 0.1) is 12.3 Å². The van der Waals surface area contributed by atoms with Gasteiger partial charge in [-0.2, -0.15) is 0 Å². The van der Waals surface area contributed by atoms with E-state index in [9.17, 15) is 9.59 Å². The molecule has 2 amide bonds. The highest BCUT2D eigenvalue weighted by molar-refractivity contribution is 5.95. The van der Waals surface area contributed by atoms with Crippen LogP contribution in [0.15, 0.2) is 47.1 Å². The van der Waals surface area contributed by atoms with Crippen molar-refractivity contribution in [2.75, 3.05) is 18.1 Å². The topological polar surface area (TPSA) is 71.8 Å². The Labute approximate surface area is 140 Å². The molecule has 1 saturated heterocycles. The molecule has 2 aromatic rings. The van der Waals surface area contributed by atoms with Crippen LogP contribution in [0.3, 0.4) is 0 Å². The summed E-state index contributed by atoms with van der Waals surface area (Å²) in [6.07, 6.45) is 3.07. The zero-order valence-corrected chi connectivity index (χ0v) is 13.5. The number of anilines is 1. The highest BCUT2D eigenvalue weighted by Crippen LogP contribution is 2.23. The first-order valence-electron chi connectivity index (χ1n) is 7.99. The number of rotatable bonds is 6. The fourth-order valence-corrected chi connectivity index (χ4v) is 2.68. The zero-order chi connectivity index (χ0) is 16.9. The van der Waals surface area contributed by atoms with Crippen LogP contribution in [0.2, 0.25) is 0 Å². The number of nitrogens with zero attached hydrogens (tertiary/aromatic N) is 1. The highest BCUT2D eigenvalue weighted by atomic mass is 16.5. The number of carbonyl (C=O) groups is 2. The molecule has 3 rings (SSSR count). The monoisotopic (exact) mass is 328 g/mol. The molecular formula is C18H20N2O4. The molecule has 2 heterocycles. The Morgan fingerprint density at radius 1 is 1.33 bits per heavy atom. The molecule has 1 fully saturated rings. The van der Waals surface area contributed by atoms with Crippen LogP contribution in [0.5, 0.6) is 5.75 Å². The SMILES string of the molecule is C[C@@H](NC(=O)COc1ccc(N2CCCC2=O)cc1)c1ccco1. The molecule has 0 saturated carbocycles. The molecule has 6 heteroatoms. The smallest absolute Gasteiger partial charge is 0.258 e. The van der Waals surface area contributed by atoms with Gasteiger partial charge in [0.1, 0.15) is 11.5 Å². The summed E-state index contributed by atoms with van der Waals surface area (Å²) < 4.78 is 10.7. The van der Waals surface area contributed by atoms with Crippen LogP contribution >= 0.6 is 0 Å². The van der Waals surface area contributed by atoms with E-state index < -0.39 is 0 Å². The van der Waals surface area contributed by atoms with E-state index in [2.05, 4.69) is 5.32 Å². The van der Waals surface area contributed by atoms with Gasteiger partial charge >= 0.3 is 0 Å². The van der Waals surface area contributed by atoms with Crippen molar-refractivity contribution in [3.8, 4) is 5.75 Å². The quantitative estimate of drug-likeness (QED) is 0.885. The van der Waals surface area contributed by atoms with E-state index in [0.29, 0.717) is 17.9 Å². The summed E-state index contributed by atoms with van der Waals surface area (Å²) in [5.41, 5.74) is 0.862. The molecule has 1 atom stereocenters. The molecule has 6 nitrogen and oxygen atoms in total. The van der Waals surface area contributed by atoms with Crippen LogP contribution in [-0.4, -0.2) is 25.0 Å². The molecule has 24 heavy (non-hydrogen) atoms. The van der Waals surface area contributed by atoms with Crippen LogP contribution in [0.25, 0.3) is 0 Å². The Balaban J connectivity index is 1.49. The minimum absolute atomic E-state index is 0.0763. The maximum atomic E-state index is 11.9. The van der Waals surface area contributed by atoms with Gasteiger partial charge in [0.15, 0.2) is 6.61 Å². The van der Waals surface area contributed by atoms with Crippen molar-refractivity contribution in [1.82, 2.24) is 5.32 Å². The number of carbonyl (C=O) groups excluding carboxylic acids is 2. The van der Waals surface area contributed by atoms with Crippen molar-refractivity contribution >= 4 is 17.5 Å². The Morgan fingerprint density at radius 3 is 2.75 bits per heavy atom. The van der Waals surface area contributed by atoms with E-state index in [4.69, 9.17) is 9.15 Å². The van der Waals surface area contributed by atoms with Crippen LogP contribution in [-0.2, 0) is 9.59 Å². The van der Waals surface area contributed by atoms with Gasteiger partial charge in [0, 0.05) is 18.7 Å². The van der Waals surface area contributed by atoms with Gasteiger partial charge in [-0.15, -0.1) is 0 Å². The second-order valence-electron chi connectivity index (χ2n) is 5.74. The van der Waals surface area contributed by atoms with E-state index in [-0.39, 0.29) is 24.5 Å². The number of ether oxygens (including phenoxy) is 1. The number of nitrogens with one attached hydrogen (secondary N) is 1. The molecule has 1 aromatic heterocycles. The first-order chi connectivity index (χ1) is 11.6. The second kappa shape index (κ2) is 7.21. The first-order valence-corrected chi connectivity index (χ1v) is 7.99. The van der Waals surface area contributed by atoms with E-state index in [1.54, 1.807) is 29.4 Å². The van der Waals surface area contributed by atoms with Gasteiger partial charge in [0.25, 0.3) is 5.91 Å². The number of furan rings is 1. The average Bonchev–Trinajstić information content (AvgIpc) is 3.25. The standard InChI is InChI=1S/C18H20N2O4/c1-13(16-4-3-11-23-16)19-17(21)12-24-15-8-6-14(7-9-15)20-10-2-5-18(20)22/h3-4,6-9,11,13H,2,5,10,12H2,1H3,(H,19,21)/t13-/m1/s1. The van der Waals surface area contributed by atoms with E-state index in [1.807, 2.05) is 25.1 Å². The molecule has 0 bridgehead atoms. The van der Waals surface area contributed by atoms with E-state index in [1.165, 1.54) is 0 Å². The van der Waals surface area contributed by atoms with Crippen molar-refractivity contribution in [3.05, 3.63) is 48.4 Å². The molecule has 1 aliphatic rings. The summed E-state index contributed by atoms with van der Waals surface area (Å²) in [5.74, 6) is 1.21. The third-order valence-corrected chi connectivity index (χ3v) is 3.94. The molecule has 0 aliphatic carbocycles. The lowest BCUT2D eigenvalue weighted by molar-refractivity contribution is -0.123. The molecule has 1 N–H and O–H groups in total. The molecule has 0 spiro atoms. The summed E-state index contributed by atoms with van der Waals surface area (Å²) in [6.45, 7) is 2.53. The lowest BCUT2D eigenvalue weighted by Gasteiger charge is -2.16. The van der Waals surface area contributed by atoms with Crippen LogP contribution in [0, 0.1) is 0 Å². The molecule has 0 unspecified atom stereocenters. The van der Waals surface area contributed by atoms with E-state index in [0.717, 1.165) is 18.7 Å². The van der Waals surface area contributed by atoms with Gasteiger partial charge in [0.2, 0.25) is 5.91 Å². The second-order valence-corrected chi connectivity index (χ2v) is 5.74. The summed E-state index contributed by atoms with van der Waals surface area (Å²) >= 11 is 0. The van der Waals surface area contributed by atoms with Crippen molar-refractivity contribution in [2.24, 2.45) is 0 Å². The lowest BCUT2D eigenvalue weighted by atomic mass is 10.2. The van der Waals surface area contributed by atoms with Crippen molar-refractivity contribution in [3.63, 3.8) is 0 Å². The molecule has 126 valence electrons. The van der Waals surface area contributed by atoms with Gasteiger partial charge in [-0.05, 0) is 49.7 Å². The minimum Gasteiger partial charge on any atom is -0.484 e. The molecule has 0 radical (unpaired) electrons. The Kier molecular flexibility index (Phi) is 4.84. The van der Waals surface area contributed by atoms with Crippen molar-refractivity contribution < 1.29 is 18.7 Å². The Bertz CT molecular complexity index is 694. The fourth-order valence-electron chi connectivity index (χ4n) is 2.68. The summed E-state index contributed by atoms with van der Waals surface area (Å²) in [7, 11) is 0. The molecule has 1 aromatic carbocycles. The first kappa shape index (κ1) is 16.1. The summed E-state index contributed by atoms with van der Waals surface area (Å²) in [4.78, 5) is 25.4. The Hall–Kier alpha value is -2.76. The van der Waals surface area contributed by atoms with Gasteiger partial charge < -0.3 is 19.4 Å². The van der Waals surface area contributed by atoms with Gasteiger partial charge in [-0.1, -0.05) is 0 Å². The minimum atomic E-state index is -0.224. The average molecular weight is 328 g/mol. The molecule has 1 aliphatic heterocycles. The van der Waals surface area contributed by atoms with Crippen molar-refractivity contribution in [1.29, 1.82) is 0 Å². The van der Waals surface area contributed by atoms with Crippen LogP contribution < -0.4 is 15.0 Å². The lowest BCUT2D eigenvalue weighted by Crippen LogP contribution is -2.31. The summed E-state index contributed by atoms with van der Waals surface area (Å²) in [6, 6.07) is 10.6.